The van der Waals surface area contributed by atoms with Gasteiger partial charge in [0.05, 0.1) is 6.10 Å². The molecule has 92 valence electrons. The first-order valence-electron chi connectivity index (χ1n) is 5.05. The van der Waals surface area contributed by atoms with E-state index in [1.54, 1.807) is 12.3 Å². The van der Waals surface area contributed by atoms with Gasteiger partial charge in [0.2, 0.25) is 0 Å². The first-order chi connectivity index (χ1) is 7.99. The van der Waals surface area contributed by atoms with Crippen LogP contribution in [0.2, 0.25) is 0 Å². The number of carbonyl (C=O) groups is 2. The van der Waals surface area contributed by atoms with Crippen LogP contribution in [-0.2, 0) is 4.79 Å². The molecule has 1 aromatic heterocycles. The SMILES string of the molecule is O=C(O)[C@@H]1C[C@H](O)CN1C(=O)c1cc(Br)c[nH]1. The van der Waals surface area contributed by atoms with Crippen molar-refractivity contribution in [3.05, 3.63) is 22.4 Å². The Morgan fingerprint density at radius 2 is 2.24 bits per heavy atom. The van der Waals surface area contributed by atoms with Crippen molar-refractivity contribution in [3.8, 4) is 0 Å². The number of aromatic nitrogens is 1. The average molecular weight is 303 g/mol. The highest BCUT2D eigenvalue weighted by atomic mass is 79.9. The van der Waals surface area contributed by atoms with Crippen LogP contribution in [0.3, 0.4) is 0 Å². The zero-order valence-corrected chi connectivity index (χ0v) is 10.3. The van der Waals surface area contributed by atoms with E-state index >= 15 is 0 Å². The van der Waals surface area contributed by atoms with Crippen molar-refractivity contribution in [2.24, 2.45) is 0 Å². The molecule has 1 aliphatic rings. The molecule has 1 amide bonds. The summed E-state index contributed by atoms with van der Waals surface area (Å²) >= 11 is 3.20. The molecule has 1 saturated heterocycles. The molecule has 2 atom stereocenters. The van der Waals surface area contributed by atoms with Crippen LogP contribution < -0.4 is 0 Å². The summed E-state index contributed by atoms with van der Waals surface area (Å²) < 4.78 is 0.715. The molecule has 0 bridgehead atoms. The van der Waals surface area contributed by atoms with Crippen molar-refractivity contribution in [3.63, 3.8) is 0 Å². The van der Waals surface area contributed by atoms with Crippen molar-refractivity contribution in [1.29, 1.82) is 0 Å². The third-order valence-corrected chi connectivity index (χ3v) is 3.16. The number of aliphatic carboxylic acids is 1. The van der Waals surface area contributed by atoms with E-state index in [0.29, 0.717) is 10.2 Å². The lowest BCUT2D eigenvalue weighted by Crippen LogP contribution is -2.40. The van der Waals surface area contributed by atoms with Gasteiger partial charge in [0.25, 0.3) is 5.91 Å². The van der Waals surface area contributed by atoms with E-state index in [0.717, 1.165) is 0 Å². The Morgan fingerprint density at radius 3 is 2.76 bits per heavy atom. The number of β-amino-alcohol motifs (C(OH)–C–C–N with tert-alkyl or cyclic N) is 1. The van der Waals surface area contributed by atoms with Crippen molar-refractivity contribution < 1.29 is 19.8 Å². The summed E-state index contributed by atoms with van der Waals surface area (Å²) in [6.07, 6.45) is 0.886. The smallest absolute Gasteiger partial charge is 0.326 e. The Kier molecular flexibility index (Phi) is 3.21. The highest BCUT2D eigenvalue weighted by Gasteiger charge is 2.39. The highest BCUT2D eigenvalue weighted by Crippen LogP contribution is 2.21. The molecule has 1 aliphatic heterocycles. The molecule has 0 spiro atoms. The fraction of sp³-hybridized carbons (Fsp3) is 0.400. The number of aliphatic hydroxyl groups excluding tert-OH is 1. The third-order valence-electron chi connectivity index (χ3n) is 2.70. The number of hydrogen-bond acceptors (Lipinski definition) is 3. The zero-order chi connectivity index (χ0) is 12.6. The molecule has 0 unspecified atom stereocenters. The number of carboxylic acid groups (broad SMARTS) is 1. The van der Waals surface area contributed by atoms with Crippen LogP contribution in [-0.4, -0.2) is 50.7 Å². The van der Waals surface area contributed by atoms with Gasteiger partial charge >= 0.3 is 5.97 Å². The van der Waals surface area contributed by atoms with Gasteiger partial charge in [0.15, 0.2) is 0 Å². The van der Waals surface area contributed by atoms with Gasteiger partial charge in [-0.05, 0) is 22.0 Å². The number of nitrogens with one attached hydrogen (secondary N) is 1. The lowest BCUT2D eigenvalue weighted by Gasteiger charge is -2.20. The Bertz CT molecular complexity index is 459. The van der Waals surface area contributed by atoms with Gasteiger partial charge in [-0.2, -0.15) is 0 Å². The van der Waals surface area contributed by atoms with E-state index in [1.807, 2.05) is 0 Å². The van der Waals surface area contributed by atoms with Crippen LogP contribution in [0.25, 0.3) is 0 Å². The molecular weight excluding hydrogens is 292 g/mol. The minimum atomic E-state index is -1.10. The van der Waals surface area contributed by atoms with Gasteiger partial charge in [0, 0.05) is 23.6 Å². The fourth-order valence-electron chi connectivity index (χ4n) is 1.92. The zero-order valence-electron chi connectivity index (χ0n) is 8.76. The average Bonchev–Trinajstić information content (AvgIpc) is 2.83. The number of aromatic amines is 1. The Hall–Kier alpha value is -1.34. The quantitative estimate of drug-likeness (QED) is 0.739. The van der Waals surface area contributed by atoms with E-state index in [4.69, 9.17) is 5.11 Å². The predicted octanol–water partition coefficient (Wildman–Crippen LogP) is 0.437. The van der Waals surface area contributed by atoms with E-state index < -0.39 is 24.0 Å². The van der Waals surface area contributed by atoms with Crippen LogP contribution in [0.4, 0.5) is 0 Å². The number of amides is 1. The number of carboxylic acids is 1. The maximum Gasteiger partial charge on any atom is 0.326 e. The molecule has 0 radical (unpaired) electrons. The monoisotopic (exact) mass is 302 g/mol. The van der Waals surface area contributed by atoms with E-state index in [2.05, 4.69) is 20.9 Å². The second kappa shape index (κ2) is 4.50. The van der Waals surface area contributed by atoms with Crippen molar-refractivity contribution in [1.82, 2.24) is 9.88 Å². The molecule has 6 nitrogen and oxygen atoms in total. The number of aliphatic hydroxyl groups is 1. The van der Waals surface area contributed by atoms with Crippen LogP contribution in [0, 0.1) is 0 Å². The van der Waals surface area contributed by atoms with Crippen LogP contribution in [0.5, 0.6) is 0 Å². The van der Waals surface area contributed by atoms with Gasteiger partial charge in [0.1, 0.15) is 11.7 Å². The molecule has 7 heteroatoms. The topological polar surface area (TPSA) is 93.6 Å². The van der Waals surface area contributed by atoms with Gasteiger partial charge in [-0.3, -0.25) is 4.79 Å². The lowest BCUT2D eigenvalue weighted by atomic mass is 10.2. The number of rotatable bonds is 2. The summed E-state index contributed by atoms with van der Waals surface area (Å²) in [5.74, 6) is -1.51. The summed E-state index contributed by atoms with van der Waals surface area (Å²) in [5, 5.41) is 18.4. The van der Waals surface area contributed by atoms with E-state index in [9.17, 15) is 14.7 Å². The molecular formula is C10H11BrN2O4. The van der Waals surface area contributed by atoms with Crippen LogP contribution in [0.15, 0.2) is 16.7 Å². The van der Waals surface area contributed by atoms with Crippen LogP contribution >= 0.6 is 15.9 Å². The summed E-state index contributed by atoms with van der Waals surface area (Å²) in [5.41, 5.74) is 0.303. The summed E-state index contributed by atoms with van der Waals surface area (Å²) in [7, 11) is 0. The number of likely N-dealkylation sites (tertiary alicyclic amines) is 1. The minimum absolute atomic E-state index is 0.0481. The number of H-pyrrole nitrogens is 1. The maximum atomic E-state index is 12.0. The van der Waals surface area contributed by atoms with E-state index in [-0.39, 0.29) is 13.0 Å². The normalized spacial score (nSPS) is 24.0. The summed E-state index contributed by atoms with van der Waals surface area (Å²) in [6.45, 7) is 0.0481. The van der Waals surface area contributed by atoms with Crippen molar-refractivity contribution in [2.45, 2.75) is 18.6 Å². The largest absolute Gasteiger partial charge is 0.480 e. The number of halogens is 1. The number of nitrogens with zero attached hydrogens (tertiary/aromatic N) is 1. The first kappa shape index (κ1) is 12.1. The van der Waals surface area contributed by atoms with Crippen molar-refractivity contribution in [2.75, 3.05) is 6.54 Å². The third kappa shape index (κ3) is 2.34. The highest BCUT2D eigenvalue weighted by molar-refractivity contribution is 9.10. The van der Waals surface area contributed by atoms with Gasteiger partial charge in [-0.15, -0.1) is 0 Å². The van der Waals surface area contributed by atoms with E-state index in [1.165, 1.54) is 4.90 Å². The minimum Gasteiger partial charge on any atom is -0.480 e. The first-order valence-corrected chi connectivity index (χ1v) is 5.84. The van der Waals surface area contributed by atoms with Gasteiger partial charge in [-0.1, -0.05) is 0 Å². The molecule has 0 saturated carbocycles. The molecule has 1 fully saturated rings. The number of hydrogen-bond donors (Lipinski definition) is 3. The summed E-state index contributed by atoms with van der Waals surface area (Å²) in [4.78, 5) is 26.9. The Balaban J connectivity index is 2.21. The maximum absolute atomic E-state index is 12.0. The Labute approximate surface area is 105 Å². The molecule has 1 aromatic rings. The van der Waals surface area contributed by atoms with Gasteiger partial charge < -0.3 is 20.1 Å². The molecule has 0 aliphatic carbocycles. The second-order valence-corrected chi connectivity index (χ2v) is 4.85. The second-order valence-electron chi connectivity index (χ2n) is 3.93. The molecule has 0 aromatic carbocycles. The van der Waals surface area contributed by atoms with Crippen LogP contribution in [0.1, 0.15) is 16.9 Å². The Morgan fingerprint density at radius 1 is 1.53 bits per heavy atom. The standard InChI is InChI=1S/C10H11BrN2O4/c11-5-1-7(12-3-5)9(15)13-4-6(14)2-8(13)10(16)17/h1,3,6,8,12,14H,2,4H2,(H,16,17)/t6-,8-/m0/s1. The molecule has 3 N–H and O–H groups in total. The van der Waals surface area contributed by atoms with Gasteiger partial charge in [-0.25, -0.2) is 4.79 Å². The van der Waals surface area contributed by atoms with Crippen molar-refractivity contribution >= 4 is 27.8 Å². The lowest BCUT2D eigenvalue weighted by molar-refractivity contribution is -0.141. The summed E-state index contributed by atoms with van der Waals surface area (Å²) in [6, 6.07) is 0.617. The molecule has 17 heavy (non-hydrogen) atoms. The number of carbonyl (C=O) groups excluding carboxylic acids is 1. The predicted molar refractivity (Wildman–Crippen MR) is 61.6 cm³/mol. The molecule has 2 rings (SSSR count). The fourth-order valence-corrected chi connectivity index (χ4v) is 2.26. The molecule has 2 heterocycles.